The number of nitrogens with one attached hydrogen (secondary N) is 1. The van der Waals surface area contributed by atoms with Crippen LogP contribution >= 0.6 is 0 Å². The van der Waals surface area contributed by atoms with Gasteiger partial charge in [-0.15, -0.1) is 0 Å². The van der Waals surface area contributed by atoms with Crippen molar-refractivity contribution in [3.8, 4) is 0 Å². The Hall–Kier alpha value is -0.900. The predicted molar refractivity (Wildman–Crippen MR) is 49.2 cm³/mol. The number of rotatable bonds is 6. The molecule has 1 amide bonds. The Labute approximate surface area is 78.3 Å². The zero-order chi connectivity index (χ0) is 10.3. The highest BCUT2D eigenvalue weighted by Crippen LogP contribution is 1.94. The van der Waals surface area contributed by atoms with Crippen LogP contribution in [0.15, 0.2) is 0 Å². The van der Waals surface area contributed by atoms with Crippen LogP contribution < -0.4 is 5.32 Å². The normalized spacial score (nSPS) is 12.2. The van der Waals surface area contributed by atoms with E-state index < -0.39 is 6.10 Å². The molecule has 4 nitrogen and oxygen atoms in total. The maximum atomic E-state index is 10.9. The summed E-state index contributed by atoms with van der Waals surface area (Å²) in [5, 5.41) is 11.7. The molecule has 13 heavy (non-hydrogen) atoms. The molecule has 0 rings (SSSR count). The van der Waals surface area contributed by atoms with Crippen molar-refractivity contribution in [3.05, 3.63) is 0 Å². The van der Waals surface area contributed by atoms with E-state index in [-0.39, 0.29) is 24.7 Å². The Balaban J connectivity index is 3.51. The third-order valence-electron chi connectivity index (χ3n) is 1.57. The topological polar surface area (TPSA) is 66.4 Å². The number of ketones is 1. The Kier molecular flexibility index (Phi) is 6.14. The second-order valence-electron chi connectivity index (χ2n) is 3.13. The monoisotopic (exact) mass is 187 g/mol. The molecule has 0 spiro atoms. The molecule has 0 aliphatic carbocycles. The third kappa shape index (κ3) is 7.46. The highest BCUT2D eigenvalue weighted by atomic mass is 16.3. The van der Waals surface area contributed by atoms with Crippen molar-refractivity contribution in [1.29, 1.82) is 0 Å². The van der Waals surface area contributed by atoms with E-state index in [0.717, 1.165) is 6.42 Å². The number of hydrogen-bond donors (Lipinski definition) is 2. The third-order valence-corrected chi connectivity index (χ3v) is 1.57. The van der Waals surface area contributed by atoms with Crippen LogP contribution in [0.25, 0.3) is 0 Å². The van der Waals surface area contributed by atoms with Crippen molar-refractivity contribution in [2.45, 2.75) is 39.2 Å². The fraction of sp³-hybridized carbons (Fsp3) is 0.778. The number of Topliss-reactive ketones (excluding diaryl/α,β-unsaturated/α-hetero) is 1. The smallest absolute Gasteiger partial charge is 0.227 e. The van der Waals surface area contributed by atoms with Gasteiger partial charge in [0.15, 0.2) is 0 Å². The number of amides is 1. The summed E-state index contributed by atoms with van der Waals surface area (Å²) in [5.41, 5.74) is 0. The Morgan fingerprint density at radius 2 is 2.08 bits per heavy atom. The molecule has 0 heterocycles. The fourth-order valence-corrected chi connectivity index (χ4v) is 0.956. The number of hydrogen-bond acceptors (Lipinski definition) is 3. The van der Waals surface area contributed by atoms with Gasteiger partial charge in [0.1, 0.15) is 5.78 Å². The Bertz CT molecular complexity index is 180. The van der Waals surface area contributed by atoms with Gasteiger partial charge in [-0.3, -0.25) is 9.59 Å². The molecule has 0 radical (unpaired) electrons. The summed E-state index contributed by atoms with van der Waals surface area (Å²) in [6.07, 6.45) is 0.948. The van der Waals surface area contributed by atoms with Crippen LogP contribution in [0.4, 0.5) is 0 Å². The van der Waals surface area contributed by atoms with E-state index in [2.05, 4.69) is 5.32 Å². The summed E-state index contributed by atoms with van der Waals surface area (Å²) < 4.78 is 0. The van der Waals surface area contributed by atoms with Crippen molar-refractivity contribution in [3.63, 3.8) is 0 Å². The maximum Gasteiger partial charge on any atom is 0.227 e. The summed E-state index contributed by atoms with van der Waals surface area (Å²) in [5.74, 6) is -0.481. The molecular weight excluding hydrogens is 170 g/mol. The molecule has 0 saturated carbocycles. The minimum absolute atomic E-state index is 0.0984. The van der Waals surface area contributed by atoms with E-state index in [4.69, 9.17) is 0 Å². The summed E-state index contributed by atoms with van der Waals surface area (Å²) >= 11 is 0. The molecule has 0 aromatic rings. The lowest BCUT2D eigenvalue weighted by molar-refractivity contribution is -0.127. The summed E-state index contributed by atoms with van der Waals surface area (Å²) in [7, 11) is 0. The molecule has 0 saturated heterocycles. The van der Waals surface area contributed by atoms with Crippen LogP contribution in [-0.4, -0.2) is 29.4 Å². The maximum absolute atomic E-state index is 10.9. The van der Waals surface area contributed by atoms with E-state index in [1.165, 1.54) is 6.92 Å². The molecule has 0 aliphatic rings. The lowest BCUT2D eigenvalue weighted by atomic mass is 10.2. The van der Waals surface area contributed by atoms with Crippen molar-refractivity contribution >= 4 is 11.7 Å². The largest absolute Gasteiger partial charge is 0.391 e. The zero-order valence-corrected chi connectivity index (χ0v) is 8.17. The van der Waals surface area contributed by atoms with E-state index in [0.29, 0.717) is 6.42 Å². The Morgan fingerprint density at radius 1 is 1.46 bits per heavy atom. The number of carbonyl (C=O) groups is 2. The van der Waals surface area contributed by atoms with Gasteiger partial charge < -0.3 is 10.4 Å². The molecule has 0 fully saturated rings. The first-order chi connectivity index (χ1) is 6.06. The standard InChI is InChI=1S/C9H17NO3/c1-3-4-8(12)6-10-9(13)5-7(2)11/h8,12H,3-6H2,1-2H3,(H,10,13). The second-order valence-corrected chi connectivity index (χ2v) is 3.13. The minimum Gasteiger partial charge on any atom is -0.391 e. The van der Waals surface area contributed by atoms with Crippen molar-refractivity contribution in [2.24, 2.45) is 0 Å². The van der Waals surface area contributed by atoms with E-state index in [1.54, 1.807) is 0 Å². The molecule has 0 aromatic carbocycles. The number of aliphatic hydroxyl groups excluding tert-OH is 1. The van der Waals surface area contributed by atoms with Gasteiger partial charge in [0.05, 0.1) is 12.5 Å². The molecule has 4 heteroatoms. The van der Waals surface area contributed by atoms with E-state index in [9.17, 15) is 14.7 Å². The molecular formula is C9H17NO3. The lowest BCUT2D eigenvalue weighted by Gasteiger charge is -2.09. The highest BCUT2D eigenvalue weighted by Gasteiger charge is 2.07. The van der Waals surface area contributed by atoms with Crippen LogP contribution in [-0.2, 0) is 9.59 Å². The van der Waals surface area contributed by atoms with Crippen LogP contribution in [0.5, 0.6) is 0 Å². The van der Waals surface area contributed by atoms with Crippen molar-refractivity contribution < 1.29 is 14.7 Å². The summed E-state index contributed by atoms with van der Waals surface area (Å²) in [4.78, 5) is 21.4. The van der Waals surface area contributed by atoms with Crippen molar-refractivity contribution in [2.75, 3.05) is 6.54 Å². The molecule has 0 aromatic heterocycles. The number of carbonyl (C=O) groups excluding carboxylic acids is 2. The van der Waals surface area contributed by atoms with E-state index >= 15 is 0 Å². The summed E-state index contributed by atoms with van der Waals surface area (Å²) in [6.45, 7) is 3.56. The van der Waals surface area contributed by atoms with Crippen LogP contribution in [0, 0.1) is 0 Å². The minimum atomic E-state index is -0.499. The molecule has 76 valence electrons. The van der Waals surface area contributed by atoms with Crippen LogP contribution in [0.1, 0.15) is 33.1 Å². The van der Waals surface area contributed by atoms with Gasteiger partial charge in [-0.05, 0) is 13.3 Å². The molecule has 1 unspecified atom stereocenters. The molecule has 1 atom stereocenters. The van der Waals surface area contributed by atoms with Crippen molar-refractivity contribution in [1.82, 2.24) is 5.32 Å². The fourth-order valence-electron chi connectivity index (χ4n) is 0.956. The van der Waals surface area contributed by atoms with Gasteiger partial charge in [-0.2, -0.15) is 0 Å². The molecule has 2 N–H and O–H groups in total. The summed E-state index contributed by atoms with van der Waals surface area (Å²) in [6, 6.07) is 0. The first-order valence-electron chi connectivity index (χ1n) is 4.50. The average molecular weight is 187 g/mol. The van der Waals surface area contributed by atoms with Gasteiger partial charge in [0.25, 0.3) is 0 Å². The zero-order valence-electron chi connectivity index (χ0n) is 8.17. The quantitative estimate of drug-likeness (QED) is 0.585. The first kappa shape index (κ1) is 12.1. The van der Waals surface area contributed by atoms with Crippen LogP contribution in [0.3, 0.4) is 0 Å². The van der Waals surface area contributed by atoms with Gasteiger partial charge in [-0.1, -0.05) is 13.3 Å². The van der Waals surface area contributed by atoms with Crippen LogP contribution in [0.2, 0.25) is 0 Å². The molecule has 0 bridgehead atoms. The first-order valence-corrected chi connectivity index (χ1v) is 4.50. The second kappa shape index (κ2) is 6.60. The van der Waals surface area contributed by atoms with Gasteiger partial charge in [0.2, 0.25) is 5.91 Å². The highest BCUT2D eigenvalue weighted by molar-refractivity contribution is 5.96. The SMILES string of the molecule is CCCC(O)CNC(=O)CC(C)=O. The predicted octanol–water partition coefficient (Wildman–Crippen LogP) is 0.243. The van der Waals surface area contributed by atoms with Gasteiger partial charge in [0, 0.05) is 6.54 Å². The number of aliphatic hydroxyl groups is 1. The van der Waals surface area contributed by atoms with Gasteiger partial charge in [-0.25, -0.2) is 0 Å². The molecule has 0 aliphatic heterocycles. The Morgan fingerprint density at radius 3 is 2.54 bits per heavy atom. The van der Waals surface area contributed by atoms with Gasteiger partial charge >= 0.3 is 0 Å². The average Bonchev–Trinajstić information content (AvgIpc) is 2.00. The lowest BCUT2D eigenvalue weighted by Crippen LogP contribution is -2.32. The van der Waals surface area contributed by atoms with E-state index in [1.807, 2.05) is 6.92 Å².